The zero-order valence-electron chi connectivity index (χ0n) is 18.1. The largest absolute Gasteiger partial charge is 0.497 e. The van der Waals surface area contributed by atoms with Crippen LogP contribution in [0.4, 0.5) is 11.4 Å². The van der Waals surface area contributed by atoms with E-state index in [9.17, 15) is 9.59 Å². The zero-order chi connectivity index (χ0) is 22.3. The van der Waals surface area contributed by atoms with Crippen molar-refractivity contribution in [1.82, 2.24) is 5.32 Å². The summed E-state index contributed by atoms with van der Waals surface area (Å²) >= 11 is 0. The lowest BCUT2D eigenvalue weighted by Gasteiger charge is -2.20. The topological polar surface area (TPSA) is 70.7 Å². The molecule has 3 aromatic rings. The molecule has 1 atom stereocenters. The molecule has 1 aliphatic heterocycles. The molecule has 2 amide bonds. The molecule has 1 heterocycles. The average Bonchev–Trinajstić information content (AvgIpc) is 3.26. The van der Waals surface area contributed by atoms with Gasteiger partial charge < -0.3 is 15.0 Å². The molecular weight excluding hydrogens is 402 g/mol. The van der Waals surface area contributed by atoms with Gasteiger partial charge in [-0.25, -0.2) is 0 Å². The van der Waals surface area contributed by atoms with Gasteiger partial charge in [0.1, 0.15) is 11.8 Å². The van der Waals surface area contributed by atoms with Gasteiger partial charge >= 0.3 is 0 Å². The van der Waals surface area contributed by atoms with Crippen molar-refractivity contribution in [2.45, 2.75) is 25.4 Å². The second kappa shape index (κ2) is 10.1. The molecule has 6 nitrogen and oxygen atoms in total. The first-order valence-corrected chi connectivity index (χ1v) is 10.8. The number of nitrogens with one attached hydrogen (secondary N) is 2. The SMILES string of the molecule is COc1cccc(NC(=O)C(NCc2ccc(N3CCCC3=O)cc2)c2ccccc2)c1. The molecule has 0 bridgehead atoms. The molecule has 3 aromatic carbocycles. The molecule has 32 heavy (non-hydrogen) atoms. The van der Waals surface area contributed by atoms with Crippen molar-refractivity contribution in [2.75, 3.05) is 23.9 Å². The third kappa shape index (κ3) is 5.15. The van der Waals surface area contributed by atoms with E-state index in [1.807, 2.05) is 77.7 Å². The van der Waals surface area contributed by atoms with E-state index < -0.39 is 6.04 Å². The van der Waals surface area contributed by atoms with Crippen LogP contribution < -0.4 is 20.3 Å². The summed E-state index contributed by atoms with van der Waals surface area (Å²) in [5, 5.41) is 6.35. The first-order valence-electron chi connectivity index (χ1n) is 10.8. The minimum absolute atomic E-state index is 0.149. The molecule has 1 saturated heterocycles. The van der Waals surface area contributed by atoms with Crippen LogP contribution in [0.2, 0.25) is 0 Å². The van der Waals surface area contributed by atoms with E-state index in [0.29, 0.717) is 24.4 Å². The van der Waals surface area contributed by atoms with E-state index >= 15 is 0 Å². The van der Waals surface area contributed by atoms with Crippen LogP contribution in [0.1, 0.15) is 30.0 Å². The van der Waals surface area contributed by atoms with Crippen LogP contribution in [-0.4, -0.2) is 25.5 Å². The van der Waals surface area contributed by atoms with Gasteiger partial charge in [0.25, 0.3) is 0 Å². The monoisotopic (exact) mass is 429 g/mol. The predicted molar refractivity (Wildman–Crippen MR) is 126 cm³/mol. The Morgan fingerprint density at radius 3 is 2.50 bits per heavy atom. The van der Waals surface area contributed by atoms with Gasteiger partial charge in [-0.05, 0) is 41.8 Å². The maximum atomic E-state index is 13.1. The Labute approximate surface area is 188 Å². The first-order chi connectivity index (χ1) is 15.6. The first kappa shape index (κ1) is 21.6. The Bertz CT molecular complexity index is 1070. The van der Waals surface area contributed by atoms with E-state index in [1.165, 1.54) is 0 Å². The number of ether oxygens (including phenoxy) is 1. The van der Waals surface area contributed by atoms with E-state index in [1.54, 1.807) is 13.2 Å². The standard InChI is InChI=1S/C26H27N3O3/c1-32-23-10-5-9-21(17-23)28-26(31)25(20-7-3-2-4-8-20)27-18-19-12-14-22(15-13-19)29-16-6-11-24(29)30/h2-5,7-10,12-15,17,25,27H,6,11,16,18H2,1H3,(H,28,31). The Hall–Kier alpha value is -3.64. The lowest BCUT2D eigenvalue weighted by Crippen LogP contribution is -2.32. The van der Waals surface area contributed by atoms with Crippen LogP contribution in [0.5, 0.6) is 5.75 Å². The molecule has 6 heteroatoms. The highest BCUT2D eigenvalue weighted by Crippen LogP contribution is 2.23. The summed E-state index contributed by atoms with van der Waals surface area (Å²) in [6.07, 6.45) is 1.52. The maximum Gasteiger partial charge on any atom is 0.246 e. The van der Waals surface area contributed by atoms with Crippen LogP contribution in [0.3, 0.4) is 0 Å². The summed E-state index contributed by atoms with van der Waals surface area (Å²) in [7, 11) is 1.60. The number of carbonyl (C=O) groups excluding carboxylic acids is 2. The summed E-state index contributed by atoms with van der Waals surface area (Å²) in [5.41, 5.74) is 3.52. The van der Waals surface area contributed by atoms with Gasteiger partial charge in [-0.1, -0.05) is 48.5 Å². The lowest BCUT2D eigenvalue weighted by atomic mass is 10.1. The van der Waals surface area contributed by atoms with Crippen LogP contribution in [-0.2, 0) is 16.1 Å². The van der Waals surface area contributed by atoms with Gasteiger partial charge in [0.15, 0.2) is 0 Å². The van der Waals surface area contributed by atoms with Gasteiger partial charge in [0.05, 0.1) is 7.11 Å². The highest BCUT2D eigenvalue weighted by molar-refractivity contribution is 5.96. The van der Waals surface area contributed by atoms with Crippen LogP contribution in [0.25, 0.3) is 0 Å². The number of carbonyl (C=O) groups is 2. The molecule has 0 spiro atoms. The quantitative estimate of drug-likeness (QED) is 0.560. The second-order valence-electron chi connectivity index (χ2n) is 7.76. The van der Waals surface area contributed by atoms with Crippen molar-refractivity contribution < 1.29 is 14.3 Å². The van der Waals surface area contributed by atoms with Crippen molar-refractivity contribution in [3.63, 3.8) is 0 Å². The normalized spacial score (nSPS) is 14.3. The summed E-state index contributed by atoms with van der Waals surface area (Å²) < 4.78 is 5.25. The average molecular weight is 430 g/mol. The van der Waals surface area contributed by atoms with Crippen molar-refractivity contribution in [2.24, 2.45) is 0 Å². The Morgan fingerprint density at radius 2 is 1.81 bits per heavy atom. The molecule has 0 radical (unpaired) electrons. The number of benzene rings is 3. The minimum atomic E-state index is -0.526. The molecule has 4 rings (SSSR count). The van der Waals surface area contributed by atoms with E-state index in [2.05, 4.69) is 10.6 Å². The van der Waals surface area contributed by atoms with E-state index in [-0.39, 0.29) is 11.8 Å². The smallest absolute Gasteiger partial charge is 0.246 e. The van der Waals surface area contributed by atoms with Crippen molar-refractivity contribution in [3.8, 4) is 5.75 Å². The van der Waals surface area contributed by atoms with E-state index in [0.717, 1.165) is 29.8 Å². The Kier molecular flexibility index (Phi) is 6.82. The lowest BCUT2D eigenvalue weighted by molar-refractivity contribution is -0.118. The molecule has 0 aliphatic carbocycles. The van der Waals surface area contributed by atoms with Gasteiger partial charge in [0, 0.05) is 37.0 Å². The van der Waals surface area contributed by atoms with Gasteiger partial charge in [0.2, 0.25) is 11.8 Å². The van der Waals surface area contributed by atoms with Gasteiger partial charge in [-0.15, -0.1) is 0 Å². The number of hydrogen-bond donors (Lipinski definition) is 2. The third-order valence-electron chi connectivity index (χ3n) is 5.56. The third-order valence-corrected chi connectivity index (χ3v) is 5.56. The fraction of sp³-hybridized carbons (Fsp3) is 0.231. The number of anilines is 2. The molecule has 2 N–H and O–H groups in total. The predicted octanol–water partition coefficient (Wildman–Crippen LogP) is 4.29. The summed E-state index contributed by atoms with van der Waals surface area (Å²) in [6, 6.07) is 24.3. The molecule has 0 aromatic heterocycles. The van der Waals surface area contributed by atoms with Gasteiger partial charge in [-0.3, -0.25) is 14.9 Å². The Morgan fingerprint density at radius 1 is 1.03 bits per heavy atom. The molecule has 0 saturated carbocycles. The maximum absolute atomic E-state index is 13.1. The number of nitrogens with zero attached hydrogens (tertiary/aromatic N) is 1. The molecular formula is C26H27N3O3. The second-order valence-corrected chi connectivity index (χ2v) is 7.76. The molecule has 1 aliphatic rings. The highest BCUT2D eigenvalue weighted by atomic mass is 16.5. The van der Waals surface area contributed by atoms with Crippen LogP contribution in [0.15, 0.2) is 78.9 Å². The molecule has 1 unspecified atom stereocenters. The van der Waals surface area contributed by atoms with E-state index in [4.69, 9.17) is 4.74 Å². The summed E-state index contributed by atoms with van der Waals surface area (Å²) in [4.78, 5) is 26.9. The van der Waals surface area contributed by atoms with Crippen LogP contribution >= 0.6 is 0 Å². The van der Waals surface area contributed by atoms with Gasteiger partial charge in [-0.2, -0.15) is 0 Å². The van der Waals surface area contributed by atoms with Crippen LogP contribution in [0, 0.1) is 0 Å². The van der Waals surface area contributed by atoms with Crippen molar-refractivity contribution in [1.29, 1.82) is 0 Å². The van der Waals surface area contributed by atoms with Crippen molar-refractivity contribution in [3.05, 3.63) is 90.0 Å². The molecule has 1 fully saturated rings. The Balaban J connectivity index is 1.46. The number of methoxy groups -OCH3 is 1. The summed E-state index contributed by atoms with van der Waals surface area (Å²) in [5.74, 6) is 0.710. The fourth-order valence-corrected chi connectivity index (χ4v) is 3.86. The highest BCUT2D eigenvalue weighted by Gasteiger charge is 2.22. The fourth-order valence-electron chi connectivity index (χ4n) is 3.86. The van der Waals surface area contributed by atoms with Crippen molar-refractivity contribution >= 4 is 23.2 Å². The zero-order valence-corrected chi connectivity index (χ0v) is 18.1. The minimum Gasteiger partial charge on any atom is -0.497 e. The number of rotatable bonds is 8. The number of hydrogen-bond acceptors (Lipinski definition) is 4. The molecule has 164 valence electrons. The summed E-state index contributed by atoms with van der Waals surface area (Å²) in [6.45, 7) is 1.29. The number of amides is 2.